The quantitative estimate of drug-likeness (QED) is 0.370. The molecule has 0 radical (unpaired) electrons. The van der Waals surface area contributed by atoms with E-state index in [1.165, 1.54) is 0 Å². The van der Waals surface area contributed by atoms with Gasteiger partial charge in [-0.3, -0.25) is 0 Å². The van der Waals surface area contributed by atoms with Crippen molar-refractivity contribution in [2.24, 2.45) is 0 Å². The third-order valence-electron chi connectivity index (χ3n) is 0. The predicted molar refractivity (Wildman–Crippen MR) is 13.5 cm³/mol. The summed E-state index contributed by atoms with van der Waals surface area (Å²) in [6.07, 6.45) is 0. The molecule has 0 aliphatic carbocycles. The van der Waals surface area contributed by atoms with Crippen LogP contribution < -0.4 is 14.7 Å². The maximum atomic E-state index is 8.55. The number of rotatable bonds is 0. The summed E-state index contributed by atoms with van der Waals surface area (Å²) in [5.41, 5.74) is 0. The van der Waals surface area contributed by atoms with Gasteiger partial charge in [-0.25, -0.2) is 0 Å². The van der Waals surface area contributed by atoms with Gasteiger partial charge in [0.15, 0.2) is 0 Å². The molecule has 58 valence electrons. The Balaban J connectivity index is -0.0000000750. The fourth-order valence-corrected chi connectivity index (χ4v) is 0. The van der Waals surface area contributed by atoms with Gasteiger partial charge < -0.3 is 19.2 Å². The summed E-state index contributed by atoms with van der Waals surface area (Å²) in [7, 11) is -0.940. The molecule has 0 rings (SSSR count). The Kier molecular flexibility index (Phi) is 18.3. The van der Waals surface area contributed by atoms with Gasteiger partial charge >= 0.3 is 51.6 Å². The van der Waals surface area contributed by atoms with Crippen LogP contribution in [-0.2, 0) is 46.9 Å². The molecular weight excluding hydrogens is 346 g/mol. The monoisotopic (exact) mass is 344 g/mol. The van der Waals surface area contributed by atoms with Crippen molar-refractivity contribution in [3.63, 3.8) is 0 Å². The Morgan fingerprint density at radius 1 is 1.25 bits per heavy atom. The molecule has 0 aromatic heterocycles. The Morgan fingerprint density at radius 2 is 1.25 bits per heavy atom. The van der Waals surface area contributed by atoms with E-state index >= 15 is 0 Å². The second-order valence-corrected chi connectivity index (χ2v) is 1.34. The summed E-state index contributed by atoms with van der Waals surface area (Å²) in [6, 6.07) is 0. The standard InChI is InChI=1S/2Ag.ClH.H3O4P/c;;;1-5(2,3)4/h;;1H;(H3,1,2,3,4)/q+1;+3;;/p-4. The second-order valence-electron chi connectivity index (χ2n) is 0.447. The van der Waals surface area contributed by atoms with E-state index in [2.05, 4.69) is 29.2 Å². The van der Waals surface area contributed by atoms with E-state index in [1.54, 1.807) is 0 Å². The van der Waals surface area contributed by atoms with Crippen LogP contribution in [0.5, 0.6) is 0 Å². The third kappa shape index (κ3) is 105. The summed E-state index contributed by atoms with van der Waals surface area (Å²) in [5.74, 6) is 0. The van der Waals surface area contributed by atoms with E-state index in [0.717, 1.165) is 0 Å². The van der Waals surface area contributed by atoms with E-state index < -0.39 is 7.82 Å². The molecular formula is Ag2ClO4P. The van der Waals surface area contributed by atoms with Crippen LogP contribution >= 0.6 is 17.0 Å². The molecule has 0 fully saturated rings. The van der Waals surface area contributed by atoms with Crippen LogP contribution in [0.15, 0.2) is 0 Å². The van der Waals surface area contributed by atoms with Crippen LogP contribution in [0, 0.1) is 0 Å². The summed E-state index contributed by atoms with van der Waals surface area (Å²) in [4.78, 5) is 25.6. The zero-order chi connectivity index (χ0) is 6.50. The van der Waals surface area contributed by atoms with E-state index in [4.69, 9.17) is 19.2 Å². The minimum absolute atomic E-state index is 0. The molecule has 0 saturated carbocycles. The summed E-state index contributed by atoms with van der Waals surface area (Å²) in [5, 5.41) is 0. The van der Waals surface area contributed by atoms with Crippen LogP contribution in [0.2, 0.25) is 0 Å². The van der Waals surface area contributed by atoms with Crippen LogP contribution in [0.3, 0.4) is 0 Å². The molecule has 0 saturated heterocycles. The molecule has 4 nitrogen and oxygen atoms in total. The van der Waals surface area contributed by atoms with Crippen LogP contribution in [0.25, 0.3) is 0 Å². The molecule has 0 aliphatic rings. The minimum atomic E-state index is -5.39. The zero-order valence-electron chi connectivity index (χ0n) is 3.06. The van der Waals surface area contributed by atoms with Crippen LogP contribution in [-0.4, -0.2) is 0 Å². The first-order valence-electron chi connectivity index (χ1n) is 0.844. The fraction of sp³-hybridized carbons (Fsp3) is 0. The van der Waals surface area contributed by atoms with Gasteiger partial charge in [0.2, 0.25) is 0 Å². The van der Waals surface area contributed by atoms with Crippen molar-refractivity contribution in [3.05, 3.63) is 0 Å². The maximum absolute atomic E-state index is 8.55. The topological polar surface area (TPSA) is 86.2 Å². The SMILES string of the molecule is O=P([O-])([O-])[O-].[Ag+3].[Cl][Ag]. The van der Waals surface area contributed by atoms with Gasteiger partial charge in [0.25, 0.3) is 0 Å². The van der Waals surface area contributed by atoms with Crippen LogP contribution in [0.1, 0.15) is 0 Å². The Bertz CT molecular complexity index is 60.2. The number of halogens is 1. The van der Waals surface area contributed by atoms with Gasteiger partial charge in [-0.2, -0.15) is 7.82 Å². The molecule has 0 unspecified atom stereocenters. The zero-order valence-corrected chi connectivity index (χ0v) is 7.68. The molecule has 0 spiro atoms. The van der Waals surface area contributed by atoms with Gasteiger partial charge in [-0.1, -0.05) is 0 Å². The number of hydrogen-bond donors (Lipinski definition) is 0. The summed E-state index contributed by atoms with van der Waals surface area (Å²) in [6.45, 7) is 0. The fourth-order valence-electron chi connectivity index (χ4n) is 0. The second kappa shape index (κ2) is 8.88. The van der Waals surface area contributed by atoms with E-state index in [9.17, 15) is 0 Å². The third-order valence-corrected chi connectivity index (χ3v) is 0. The first-order chi connectivity index (χ1) is 3.00. The van der Waals surface area contributed by atoms with Gasteiger partial charge in [0.05, 0.1) is 0 Å². The Morgan fingerprint density at radius 3 is 1.25 bits per heavy atom. The predicted octanol–water partition coefficient (Wildman–Crippen LogP) is -2.14. The first kappa shape index (κ1) is 16.5. The van der Waals surface area contributed by atoms with Gasteiger partial charge in [-0.15, -0.1) is 0 Å². The van der Waals surface area contributed by atoms with Crippen molar-refractivity contribution >= 4 is 17.0 Å². The van der Waals surface area contributed by atoms with Crippen molar-refractivity contribution in [2.75, 3.05) is 0 Å². The van der Waals surface area contributed by atoms with E-state index in [-0.39, 0.29) is 22.4 Å². The summed E-state index contributed by atoms with van der Waals surface area (Å²) < 4.78 is 8.55. The van der Waals surface area contributed by atoms with E-state index in [1.807, 2.05) is 0 Å². The van der Waals surface area contributed by atoms with Gasteiger partial charge in [0.1, 0.15) is 0 Å². The van der Waals surface area contributed by atoms with Crippen molar-refractivity contribution in [1.82, 2.24) is 0 Å². The molecule has 8 heteroatoms. The van der Waals surface area contributed by atoms with Crippen molar-refractivity contribution in [1.29, 1.82) is 0 Å². The molecule has 8 heavy (non-hydrogen) atoms. The number of hydrogen-bond acceptors (Lipinski definition) is 4. The molecule has 0 bridgehead atoms. The number of phosphoric acid groups is 1. The normalized spacial score (nSPS) is 8.25. The average Bonchev–Trinajstić information content (AvgIpc) is 1.36. The first-order valence-corrected chi connectivity index (χ1v) is 4.21. The molecule has 0 heterocycles. The molecule has 0 aromatic carbocycles. The van der Waals surface area contributed by atoms with Crippen molar-refractivity contribution in [3.8, 4) is 0 Å². The van der Waals surface area contributed by atoms with Crippen LogP contribution in [0.4, 0.5) is 0 Å². The average molecular weight is 346 g/mol. The van der Waals surface area contributed by atoms with E-state index in [0.29, 0.717) is 0 Å². The van der Waals surface area contributed by atoms with Gasteiger partial charge in [0, 0.05) is 0 Å². The van der Waals surface area contributed by atoms with Crippen molar-refractivity contribution in [2.45, 2.75) is 0 Å². The molecule has 0 aromatic rings. The van der Waals surface area contributed by atoms with Gasteiger partial charge in [-0.05, 0) is 0 Å². The molecule has 0 atom stereocenters. The Hall–Kier alpha value is 1.88. The molecule has 0 N–H and O–H groups in total. The molecule has 0 aliphatic heterocycles. The summed E-state index contributed by atoms with van der Waals surface area (Å²) >= 11 is 2.42. The Labute approximate surface area is 78.1 Å². The molecule has 0 amide bonds. The van der Waals surface area contributed by atoms with Crippen molar-refractivity contribution < 1.29 is 61.6 Å².